The monoisotopic (exact) mass is 481 g/mol. The maximum absolute atomic E-state index is 13.1. The van der Waals surface area contributed by atoms with Gasteiger partial charge in [-0.2, -0.15) is 5.10 Å². The molecular formula is C28H27N5O3. The lowest BCUT2D eigenvalue weighted by molar-refractivity contribution is -0.0366. The lowest BCUT2D eigenvalue weighted by atomic mass is 10.1. The van der Waals surface area contributed by atoms with E-state index in [0.717, 1.165) is 65.0 Å². The Hall–Kier alpha value is -4.17. The van der Waals surface area contributed by atoms with Gasteiger partial charge in [-0.25, -0.2) is 9.67 Å². The quantitative estimate of drug-likeness (QED) is 0.370. The van der Waals surface area contributed by atoms with Crippen LogP contribution in [-0.4, -0.2) is 38.8 Å². The number of pyridine rings is 1. The highest BCUT2D eigenvalue weighted by Gasteiger charge is 2.20. The van der Waals surface area contributed by atoms with Crippen LogP contribution < -0.4 is 10.1 Å². The van der Waals surface area contributed by atoms with Gasteiger partial charge in [0.25, 0.3) is 5.91 Å². The molecule has 1 fully saturated rings. The Kier molecular flexibility index (Phi) is 5.87. The van der Waals surface area contributed by atoms with Crippen molar-refractivity contribution in [2.45, 2.75) is 32.0 Å². The van der Waals surface area contributed by atoms with Gasteiger partial charge in [0, 0.05) is 24.4 Å². The standard InChI is InChI=1S/C28H27N5O3/c1-35-22-7-4-6-19(14-22)20-11-12-26-31-21(18-32(26)17-20)15-29-28(34)23-8-5-9-25-24(23)16-30-33(25)27-10-2-3-13-36-27/h4-9,11-12,14,16-18,27H,2-3,10,13,15H2,1H3,(H,29,34). The molecule has 1 unspecified atom stereocenters. The van der Waals surface area contributed by atoms with E-state index in [-0.39, 0.29) is 12.1 Å². The van der Waals surface area contributed by atoms with Gasteiger partial charge >= 0.3 is 0 Å². The van der Waals surface area contributed by atoms with Crippen molar-refractivity contribution in [3.05, 3.63) is 84.4 Å². The third-order valence-corrected chi connectivity index (χ3v) is 6.65. The molecule has 1 N–H and O–H groups in total. The second-order valence-electron chi connectivity index (χ2n) is 8.98. The van der Waals surface area contributed by atoms with E-state index in [1.54, 1.807) is 13.3 Å². The summed E-state index contributed by atoms with van der Waals surface area (Å²) in [6.45, 7) is 1.07. The predicted octanol–water partition coefficient (Wildman–Crippen LogP) is 4.99. The molecule has 8 heteroatoms. The van der Waals surface area contributed by atoms with Gasteiger partial charge in [-0.05, 0) is 66.8 Å². The van der Waals surface area contributed by atoms with Crippen LogP contribution in [0.1, 0.15) is 41.5 Å². The van der Waals surface area contributed by atoms with Gasteiger partial charge in [0.2, 0.25) is 0 Å². The van der Waals surface area contributed by atoms with Crippen molar-refractivity contribution < 1.29 is 14.3 Å². The number of fused-ring (bicyclic) bond motifs is 2. The van der Waals surface area contributed by atoms with Crippen LogP contribution in [0.25, 0.3) is 27.7 Å². The van der Waals surface area contributed by atoms with E-state index < -0.39 is 0 Å². The van der Waals surface area contributed by atoms with Crippen molar-refractivity contribution in [1.82, 2.24) is 24.5 Å². The molecule has 1 aliphatic rings. The number of carbonyl (C=O) groups is 1. The molecule has 1 amide bonds. The molecule has 0 bridgehead atoms. The summed E-state index contributed by atoms with van der Waals surface area (Å²) in [4.78, 5) is 17.8. The van der Waals surface area contributed by atoms with Gasteiger partial charge in [-0.15, -0.1) is 0 Å². The smallest absolute Gasteiger partial charge is 0.252 e. The van der Waals surface area contributed by atoms with Crippen molar-refractivity contribution in [3.8, 4) is 16.9 Å². The highest BCUT2D eigenvalue weighted by molar-refractivity contribution is 6.06. The average molecular weight is 482 g/mol. The number of rotatable bonds is 6. The van der Waals surface area contributed by atoms with Crippen LogP contribution in [0.15, 0.2) is 73.2 Å². The molecule has 3 aromatic heterocycles. The normalized spacial score (nSPS) is 15.9. The summed E-state index contributed by atoms with van der Waals surface area (Å²) >= 11 is 0. The second kappa shape index (κ2) is 9.47. The zero-order valence-electron chi connectivity index (χ0n) is 20.1. The number of benzene rings is 2. The van der Waals surface area contributed by atoms with Crippen LogP contribution in [0, 0.1) is 0 Å². The number of methoxy groups -OCH3 is 1. The molecular weight excluding hydrogens is 454 g/mol. The van der Waals surface area contributed by atoms with Crippen LogP contribution in [0.2, 0.25) is 0 Å². The van der Waals surface area contributed by atoms with Gasteiger partial charge in [-0.1, -0.05) is 18.2 Å². The largest absolute Gasteiger partial charge is 0.497 e. The topological polar surface area (TPSA) is 82.7 Å². The highest BCUT2D eigenvalue weighted by atomic mass is 16.5. The highest BCUT2D eigenvalue weighted by Crippen LogP contribution is 2.28. The molecule has 0 spiro atoms. The average Bonchev–Trinajstić information content (AvgIpc) is 3.55. The zero-order valence-corrected chi connectivity index (χ0v) is 20.1. The van der Waals surface area contributed by atoms with Crippen LogP contribution in [0.4, 0.5) is 0 Å². The summed E-state index contributed by atoms with van der Waals surface area (Å²) in [6, 6.07) is 17.7. The van der Waals surface area contributed by atoms with Crippen LogP contribution in [0.5, 0.6) is 5.75 Å². The molecule has 1 atom stereocenters. The minimum Gasteiger partial charge on any atom is -0.497 e. The first-order valence-electron chi connectivity index (χ1n) is 12.2. The molecule has 0 saturated carbocycles. The Morgan fingerprint density at radius 3 is 2.89 bits per heavy atom. The first kappa shape index (κ1) is 22.3. The summed E-state index contributed by atoms with van der Waals surface area (Å²) in [5.41, 5.74) is 5.23. The molecule has 6 rings (SSSR count). The number of nitrogens with zero attached hydrogens (tertiary/aromatic N) is 4. The lowest BCUT2D eigenvalue weighted by Gasteiger charge is -2.23. The molecule has 182 valence electrons. The molecule has 0 radical (unpaired) electrons. The minimum atomic E-state index is -0.154. The van der Waals surface area contributed by atoms with Gasteiger partial charge in [0.05, 0.1) is 36.6 Å². The number of imidazole rings is 1. The SMILES string of the molecule is COc1cccc(-c2ccc3nc(CNC(=O)c4cccc5c4cnn5C4CCCCO4)cn3c2)c1. The number of carbonyl (C=O) groups excluding carboxylic acids is 1. The lowest BCUT2D eigenvalue weighted by Crippen LogP contribution is -2.23. The van der Waals surface area contributed by atoms with E-state index >= 15 is 0 Å². The van der Waals surface area contributed by atoms with E-state index in [1.165, 1.54) is 0 Å². The van der Waals surface area contributed by atoms with Gasteiger partial charge < -0.3 is 19.2 Å². The number of amides is 1. The van der Waals surface area contributed by atoms with E-state index in [1.807, 2.05) is 76.1 Å². The maximum Gasteiger partial charge on any atom is 0.252 e. The van der Waals surface area contributed by atoms with Gasteiger partial charge in [-0.3, -0.25) is 4.79 Å². The van der Waals surface area contributed by atoms with Crippen LogP contribution >= 0.6 is 0 Å². The molecule has 4 heterocycles. The number of ether oxygens (including phenoxy) is 2. The molecule has 8 nitrogen and oxygen atoms in total. The molecule has 36 heavy (non-hydrogen) atoms. The Balaban J connectivity index is 1.20. The van der Waals surface area contributed by atoms with Crippen molar-refractivity contribution in [2.24, 2.45) is 0 Å². The van der Waals surface area contributed by atoms with E-state index in [2.05, 4.69) is 15.4 Å². The fourth-order valence-electron chi connectivity index (χ4n) is 4.78. The van der Waals surface area contributed by atoms with Crippen molar-refractivity contribution in [3.63, 3.8) is 0 Å². The minimum absolute atomic E-state index is 0.0746. The predicted molar refractivity (Wildman–Crippen MR) is 137 cm³/mol. The Morgan fingerprint density at radius 2 is 2.03 bits per heavy atom. The summed E-state index contributed by atoms with van der Waals surface area (Å²) in [5.74, 6) is 0.660. The first-order chi connectivity index (χ1) is 17.7. The Bertz CT molecular complexity index is 1550. The Labute approximate surface area is 208 Å². The summed E-state index contributed by atoms with van der Waals surface area (Å²) in [5, 5.41) is 8.38. The molecule has 1 saturated heterocycles. The molecule has 1 aliphatic heterocycles. The van der Waals surface area contributed by atoms with Crippen molar-refractivity contribution in [2.75, 3.05) is 13.7 Å². The fourth-order valence-corrected chi connectivity index (χ4v) is 4.78. The van der Waals surface area contributed by atoms with Crippen molar-refractivity contribution in [1.29, 1.82) is 0 Å². The number of hydrogen-bond donors (Lipinski definition) is 1. The van der Waals surface area contributed by atoms with Crippen LogP contribution in [0.3, 0.4) is 0 Å². The van der Waals surface area contributed by atoms with Gasteiger partial charge in [0.1, 0.15) is 11.4 Å². The maximum atomic E-state index is 13.1. The second-order valence-corrected chi connectivity index (χ2v) is 8.98. The number of aromatic nitrogens is 4. The number of nitrogens with one attached hydrogen (secondary N) is 1. The molecule has 2 aromatic carbocycles. The van der Waals surface area contributed by atoms with E-state index in [0.29, 0.717) is 12.1 Å². The van der Waals surface area contributed by atoms with E-state index in [4.69, 9.17) is 9.47 Å². The zero-order chi connectivity index (χ0) is 24.5. The fraction of sp³-hybridized carbons (Fsp3) is 0.250. The third-order valence-electron chi connectivity index (χ3n) is 6.65. The van der Waals surface area contributed by atoms with Gasteiger partial charge in [0.15, 0.2) is 6.23 Å². The summed E-state index contributed by atoms with van der Waals surface area (Å²) in [6.07, 6.45) is 8.78. The number of hydrogen-bond acceptors (Lipinski definition) is 5. The third kappa shape index (κ3) is 4.20. The molecule has 0 aliphatic carbocycles. The van der Waals surface area contributed by atoms with Crippen LogP contribution in [-0.2, 0) is 11.3 Å². The molecule has 5 aromatic rings. The first-order valence-corrected chi connectivity index (χ1v) is 12.2. The van der Waals surface area contributed by atoms with E-state index in [9.17, 15) is 4.79 Å². The summed E-state index contributed by atoms with van der Waals surface area (Å²) < 4.78 is 15.1. The Morgan fingerprint density at radius 1 is 1.11 bits per heavy atom. The van der Waals surface area contributed by atoms with Crippen molar-refractivity contribution >= 4 is 22.5 Å². The summed E-state index contributed by atoms with van der Waals surface area (Å²) in [7, 11) is 1.66.